The molecule has 1 amide bonds. The molecule has 8 heteroatoms. The van der Waals surface area contributed by atoms with E-state index in [4.69, 9.17) is 0 Å². The molecule has 2 atom stereocenters. The monoisotopic (exact) mass is 441 g/mol. The Kier molecular flexibility index (Phi) is 5.73. The fourth-order valence-corrected chi connectivity index (χ4v) is 4.54. The Morgan fingerprint density at radius 2 is 1.70 bits per heavy atom. The molecule has 1 aromatic carbocycles. The zero-order chi connectivity index (χ0) is 22.8. The molecule has 1 aliphatic rings. The van der Waals surface area contributed by atoms with Crippen LogP contribution in [-0.4, -0.2) is 41.5 Å². The van der Waals surface area contributed by atoms with E-state index >= 15 is 0 Å². The number of aryl methyl sites for hydroxylation is 1. The molecule has 4 aromatic rings. The summed E-state index contributed by atoms with van der Waals surface area (Å²) >= 11 is 0. The minimum Gasteiger partial charge on any atom is -0.354 e. The minimum absolute atomic E-state index is 0.0324. The minimum atomic E-state index is 0.0324. The van der Waals surface area contributed by atoms with Gasteiger partial charge in [-0.2, -0.15) is 10.2 Å². The van der Waals surface area contributed by atoms with E-state index in [1.807, 2.05) is 54.8 Å². The van der Waals surface area contributed by atoms with Crippen molar-refractivity contribution in [2.45, 2.75) is 44.7 Å². The molecule has 0 saturated heterocycles. The molecule has 1 saturated carbocycles. The van der Waals surface area contributed by atoms with Gasteiger partial charge in [0.15, 0.2) is 5.82 Å². The summed E-state index contributed by atoms with van der Waals surface area (Å²) in [5, 5.41) is 11.9. The highest BCUT2D eigenvalue weighted by atomic mass is 16.1. The summed E-state index contributed by atoms with van der Waals surface area (Å²) in [6, 6.07) is 8.68. The van der Waals surface area contributed by atoms with Crippen LogP contribution in [0.5, 0.6) is 0 Å². The molecule has 1 aliphatic carbocycles. The average molecular weight is 442 g/mol. The normalized spacial score (nSPS) is 18.2. The van der Waals surface area contributed by atoms with Gasteiger partial charge in [-0.3, -0.25) is 14.2 Å². The fourth-order valence-electron chi connectivity index (χ4n) is 4.54. The van der Waals surface area contributed by atoms with Crippen LogP contribution in [0.2, 0.25) is 0 Å². The smallest absolute Gasteiger partial charge is 0.217 e. The zero-order valence-electron chi connectivity index (χ0n) is 18.8. The summed E-state index contributed by atoms with van der Waals surface area (Å²) in [7, 11) is 1.91. The van der Waals surface area contributed by atoms with Crippen LogP contribution in [0.25, 0.3) is 33.6 Å². The van der Waals surface area contributed by atoms with Crippen molar-refractivity contribution < 1.29 is 4.79 Å². The molecule has 0 bridgehead atoms. The average Bonchev–Trinajstić information content (AvgIpc) is 3.49. The third-order valence-corrected chi connectivity index (χ3v) is 6.17. The van der Waals surface area contributed by atoms with Crippen molar-refractivity contribution in [2.75, 3.05) is 0 Å². The van der Waals surface area contributed by atoms with Crippen molar-refractivity contribution in [3.8, 4) is 33.6 Å². The molecule has 1 N–H and O–H groups in total. The number of hydrogen-bond donors (Lipinski definition) is 1. The van der Waals surface area contributed by atoms with Gasteiger partial charge in [-0.25, -0.2) is 9.97 Å². The van der Waals surface area contributed by atoms with E-state index in [0.29, 0.717) is 11.9 Å². The maximum Gasteiger partial charge on any atom is 0.217 e. The number of carbonyl (C=O) groups excluding carboxylic acids is 1. The van der Waals surface area contributed by atoms with Gasteiger partial charge in [0.05, 0.1) is 18.4 Å². The third kappa shape index (κ3) is 4.69. The van der Waals surface area contributed by atoms with Gasteiger partial charge in [0.25, 0.3) is 0 Å². The fraction of sp³-hybridized carbons (Fsp3) is 0.320. The molecule has 1 fully saturated rings. The maximum atomic E-state index is 11.4. The van der Waals surface area contributed by atoms with E-state index in [0.717, 1.165) is 53.5 Å². The van der Waals surface area contributed by atoms with Crippen molar-refractivity contribution in [2.24, 2.45) is 7.05 Å². The van der Waals surface area contributed by atoms with E-state index in [-0.39, 0.29) is 11.9 Å². The van der Waals surface area contributed by atoms with Crippen LogP contribution in [0.4, 0.5) is 0 Å². The number of rotatable bonds is 5. The number of amides is 1. The third-order valence-electron chi connectivity index (χ3n) is 6.17. The largest absolute Gasteiger partial charge is 0.354 e. The molecule has 2 unspecified atom stereocenters. The molecular formula is C25H27N7O. The topological polar surface area (TPSA) is 90.5 Å². The van der Waals surface area contributed by atoms with Crippen molar-refractivity contribution >= 4 is 5.91 Å². The molecule has 168 valence electrons. The number of aromatic nitrogens is 6. The molecule has 8 nitrogen and oxygen atoms in total. The number of nitrogens with zero attached hydrogens (tertiary/aromatic N) is 6. The van der Waals surface area contributed by atoms with Gasteiger partial charge >= 0.3 is 0 Å². The first-order valence-electron chi connectivity index (χ1n) is 11.3. The molecular weight excluding hydrogens is 414 g/mol. The van der Waals surface area contributed by atoms with Crippen LogP contribution in [0, 0.1) is 0 Å². The molecule has 3 heterocycles. The number of nitrogens with one attached hydrogen (secondary N) is 1. The van der Waals surface area contributed by atoms with Gasteiger partial charge < -0.3 is 5.32 Å². The van der Waals surface area contributed by atoms with Gasteiger partial charge in [0, 0.05) is 67.1 Å². The van der Waals surface area contributed by atoms with E-state index in [1.54, 1.807) is 11.6 Å². The van der Waals surface area contributed by atoms with Crippen molar-refractivity contribution in [1.82, 2.24) is 34.8 Å². The second-order valence-electron chi connectivity index (χ2n) is 8.71. The molecule has 3 aromatic heterocycles. The van der Waals surface area contributed by atoms with E-state index in [1.165, 1.54) is 0 Å². The van der Waals surface area contributed by atoms with E-state index in [2.05, 4.69) is 43.8 Å². The number of hydrogen-bond acceptors (Lipinski definition) is 5. The van der Waals surface area contributed by atoms with Crippen molar-refractivity contribution in [1.29, 1.82) is 0 Å². The van der Waals surface area contributed by atoms with Crippen LogP contribution in [0.15, 0.2) is 61.4 Å². The standard InChI is InChI=1S/C25H27N7O/c1-17(33)30-23-7-4-8-24(10-23)32-16-22(14-29-32)20-11-26-25(27-12-20)19-6-3-5-18(9-19)21-13-28-31(2)15-21/h3,5-6,9,11-16,23-24H,4,7-8,10H2,1-2H3,(H,30,33). The lowest BCUT2D eigenvalue weighted by Gasteiger charge is -2.29. The lowest BCUT2D eigenvalue weighted by atomic mass is 9.91. The van der Waals surface area contributed by atoms with Crippen molar-refractivity contribution in [3.05, 3.63) is 61.4 Å². The molecule has 0 spiro atoms. The first kappa shape index (κ1) is 21.1. The van der Waals surface area contributed by atoms with Crippen LogP contribution in [0.1, 0.15) is 38.6 Å². The van der Waals surface area contributed by atoms with Gasteiger partial charge in [-0.05, 0) is 37.3 Å². The molecule has 0 radical (unpaired) electrons. The Labute approximate surface area is 192 Å². The highest BCUT2D eigenvalue weighted by Gasteiger charge is 2.24. The SMILES string of the molecule is CC(=O)NC1CCCC(n2cc(-c3cnc(-c4cccc(-c5cnn(C)c5)c4)nc3)cn2)C1. The number of benzene rings is 1. The van der Waals surface area contributed by atoms with Crippen LogP contribution in [-0.2, 0) is 11.8 Å². The van der Waals surface area contributed by atoms with Gasteiger partial charge in [-0.1, -0.05) is 18.2 Å². The first-order valence-corrected chi connectivity index (χ1v) is 11.3. The van der Waals surface area contributed by atoms with Gasteiger partial charge in [0.1, 0.15) is 0 Å². The summed E-state index contributed by atoms with van der Waals surface area (Å²) in [5.74, 6) is 0.715. The summed E-state index contributed by atoms with van der Waals surface area (Å²) < 4.78 is 3.81. The molecule has 33 heavy (non-hydrogen) atoms. The highest BCUT2D eigenvalue weighted by Crippen LogP contribution is 2.30. The molecule has 5 rings (SSSR count). The van der Waals surface area contributed by atoms with Crippen LogP contribution < -0.4 is 5.32 Å². The van der Waals surface area contributed by atoms with E-state index < -0.39 is 0 Å². The zero-order valence-corrected chi connectivity index (χ0v) is 18.8. The first-order chi connectivity index (χ1) is 16.0. The Morgan fingerprint density at radius 1 is 0.939 bits per heavy atom. The van der Waals surface area contributed by atoms with Crippen molar-refractivity contribution in [3.63, 3.8) is 0 Å². The number of carbonyl (C=O) groups is 1. The lowest BCUT2D eigenvalue weighted by Crippen LogP contribution is -2.37. The Balaban J connectivity index is 1.32. The maximum absolute atomic E-state index is 11.4. The lowest BCUT2D eigenvalue weighted by molar-refractivity contribution is -0.119. The van der Waals surface area contributed by atoms with Crippen LogP contribution >= 0.6 is 0 Å². The van der Waals surface area contributed by atoms with E-state index in [9.17, 15) is 4.79 Å². The predicted molar refractivity (Wildman–Crippen MR) is 126 cm³/mol. The summed E-state index contributed by atoms with van der Waals surface area (Å²) in [4.78, 5) is 20.6. The summed E-state index contributed by atoms with van der Waals surface area (Å²) in [5.41, 5.74) is 5.03. The second kappa shape index (κ2) is 8.97. The van der Waals surface area contributed by atoms with Crippen LogP contribution in [0.3, 0.4) is 0 Å². The highest BCUT2D eigenvalue weighted by molar-refractivity contribution is 5.73. The molecule has 0 aliphatic heterocycles. The Bertz CT molecular complexity index is 1260. The predicted octanol–water partition coefficient (Wildman–Crippen LogP) is 4.03. The quantitative estimate of drug-likeness (QED) is 0.505. The summed E-state index contributed by atoms with van der Waals surface area (Å²) in [6.45, 7) is 1.58. The van der Waals surface area contributed by atoms with Gasteiger partial charge in [-0.15, -0.1) is 0 Å². The second-order valence-corrected chi connectivity index (χ2v) is 8.71. The van der Waals surface area contributed by atoms with Gasteiger partial charge in [0.2, 0.25) is 5.91 Å². The Morgan fingerprint density at radius 3 is 2.45 bits per heavy atom. The summed E-state index contributed by atoms with van der Waals surface area (Å²) in [6.07, 6.45) is 15.6. The Hall–Kier alpha value is -3.81.